The van der Waals surface area contributed by atoms with E-state index >= 15 is 0 Å². The lowest BCUT2D eigenvalue weighted by atomic mass is 9.97. The minimum Gasteiger partial charge on any atom is -0.466 e. The number of fused-ring (bicyclic) bond motifs is 1. The molecule has 0 amide bonds. The van der Waals surface area contributed by atoms with Gasteiger partial charge in [-0.2, -0.15) is 4.98 Å². The molecule has 1 aliphatic rings. The fourth-order valence-electron chi connectivity index (χ4n) is 3.73. The molecule has 0 bridgehead atoms. The number of hydrogen-bond donors (Lipinski definition) is 1. The number of carbonyl (C=O) groups excluding carboxylic acids is 2. The molecule has 2 aromatic heterocycles. The second-order valence-electron chi connectivity index (χ2n) is 7.37. The third-order valence-corrected chi connectivity index (χ3v) is 5.34. The normalized spacial score (nSPS) is 14.7. The molecule has 0 radical (unpaired) electrons. The van der Waals surface area contributed by atoms with Gasteiger partial charge in [0.15, 0.2) is 11.4 Å². The van der Waals surface area contributed by atoms with Crippen LogP contribution >= 0.6 is 0 Å². The van der Waals surface area contributed by atoms with Gasteiger partial charge in [-0.05, 0) is 63.1 Å². The van der Waals surface area contributed by atoms with Crippen LogP contribution in [0.5, 0.6) is 0 Å². The van der Waals surface area contributed by atoms with Crippen LogP contribution in [0, 0.1) is 5.92 Å². The number of benzene rings is 1. The number of nitrogens with zero attached hydrogens (tertiary/aromatic N) is 4. The third-order valence-electron chi connectivity index (χ3n) is 5.34. The van der Waals surface area contributed by atoms with E-state index in [4.69, 9.17) is 4.74 Å². The molecule has 156 valence electrons. The molecule has 4 rings (SSSR count). The van der Waals surface area contributed by atoms with Gasteiger partial charge in [-0.3, -0.25) is 9.59 Å². The number of carbonyl (C=O) groups is 2. The van der Waals surface area contributed by atoms with Crippen molar-refractivity contribution in [2.45, 2.75) is 26.7 Å². The summed E-state index contributed by atoms with van der Waals surface area (Å²) in [7, 11) is 0. The van der Waals surface area contributed by atoms with Gasteiger partial charge in [0.25, 0.3) is 0 Å². The van der Waals surface area contributed by atoms with Crippen molar-refractivity contribution >= 4 is 34.7 Å². The first-order valence-electron chi connectivity index (χ1n) is 10.2. The van der Waals surface area contributed by atoms with E-state index in [9.17, 15) is 9.59 Å². The second-order valence-corrected chi connectivity index (χ2v) is 7.37. The fourth-order valence-corrected chi connectivity index (χ4v) is 3.73. The van der Waals surface area contributed by atoms with Crippen LogP contribution in [-0.4, -0.2) is 46.0 Å². The van der Waals surface area contributed by atoms with Crippen molar-refractivity contribution in [2.24, 2.45) is 5.92 Å². The molecule has 30 heavy (non-hydrogen) atoms. The van der Waals surface area contributed by atoms with Crippen LogP contribution in [0.4, 0.5) is 17.3 Å². The van der Waals surface area contributed by atoms with Crippen LogP contribution in [0.3, 0.4) is 0 Å². The lowest BCUT2D eigenvalue weighted by Crippen LogP contribution is -2.37. The maximum absolute atomic E-state index is 12.0. The number of rotatable bonds is 6. The van der Waals surface area contributed by atoms with Gasteiger partial charge >= 0.3 is 5.97 Å². The largest absolute Gasteiger partial charge is 0.466 e. The average Bonchev–Trinajstić information content (AvgIpc) is 3.17. The molecule has 1 saturated heterocycles. The van der Waals surface area contributed by atoms with Gasteiger partial charge < -0.3 is 15.0 Å². The van der Waals surface area contributed by atoms with E-state index < -0.39 is 0 Å². The van der Waals surface area contributed by atoms with Gasteiger partial charge in [0, 0.05) is 30.5 Å². The summed E-state index contributed by atoms with van der Waals surface area (Å²) < 4.78 is 6.91. The molecule has 0 spiro atoms. The Bertz CT molecular complexity index is 1050. The van der Waals surface area contributed by atoms with E-state index in [1.165, 1.54) is 0 Å². The minimum atomic E-state index is -0.0971. The zero-order valence-corrected chi connectivity index (χ0v) is 17.2. The molecule has 1 N–H and O–H groups in total. The number of esters is 1. The van der Waals surface area contributed by atoms with Crippen molar-refractivity contribution in [3.05, 3.63) is 48.2 Å². The zero-order valence-electron chi connectivity index (χ0n) is 17.2. The van der Waals surface area contributed by atoms with Crippen molar-refractivity contribution in [3.8, 4) is 0 Å². The summed E-state index contributed by atoms with van der Waals surface area (Å²) in [5.74, 6) is 0.386. The Hall–Kier alpha value is -3.42. The Morgan fingerprint density at radius 1 is 1.17 bits per heavy atom. The van der Waals surface area contributed by atoms with Gasteiger partial charge in [0.05, 0.1) is 18.2 Å². The number of aromatic nitrogens is 3. The number of anilines is 3. The fraction of sp³-hybridized carbons (Fsp3) is 0.364. The van der Waals surface area contributed by atoms with Crippen molar-refractivity contribution in [3.63, 3.8) is 0 Å². The Morgan fingerprint density at radius 3 is 2.57 bits per heavy atom. The predicted molar refractivity (Wildman–Crippen MR) is 114 cm³/mol. The highest BCUT2D eigenvalue weighted by Gasteiger charge is 2.27. The molecule has 0 unspecified atom stereocenters. The van der Waals surface area contributed by atoms with Crippen molar-refractivity contribution in [1.29, 1.82) is 0 Å². The number of Topliss-reactive ketones (excluding diaryl/α,β-unsaturated/α-hetero) is 1. The quantitative estimate of drug-likeness (QED) is 0.494. The summed E-state index contributed by atoms with van der Waals surface area (Å²) in [6, 6.07) is 11.2. The molecule has 8 heteroatoms. The highest BCUT2D eigenvalue weighted by atomic mass is 16.5. The van der Waals surface area contributed by atoms with E-state index in [2.05, 4.69) is 20.3 Å². The maximum Gasteiger partial charge on any atom is 0.309 e. The van der Waals surface area contributed by atoms with Gasteiger partial charge in [-0.1, -0.05) is 0 Å². The molecule has 0 saturated carbocycles. The van der Waals surface area contributed by atoms with Crippen LogP contribution < -0.4 is 10.2 Å². The average molecular weight is 407 g/mol. The van der Waals surface area contributed by atoms with Crippen LogP contribution in [0.2, 0.25) is 0 Å². The summed E-state index contributed by atoms with van der Waals surface area (Å²) in [5.41, 5.74) is 3.23. The van der Waals surface area contributed by atoms with E-state index in [0.717, 1.165) is 43.0 Å². The van der Waals surface area contributed by atoms with Crippen LogP contribution in [0.15, 0.2) is 42.6 Å². The first-order valence-corrected chi connectivity index (χ1v) is 10.2. The first kappa shape index (κ1) is 19.9. The number of piperidine rings is 1. The van der Waals surface area contributed by atoms with Gasteiger partial charge in [0.2, 0.25) is 5.95 Å². The zero-order chi connectivity index (χ0) is 21.1. The number of nitrogens with one attached hydrogen (secondary N) is 1. The lowest BCUT2D eigenvalue weighted by molar-refractivity contribution is -0.148. The molecule has 1 fully saturated rings. The standard InChI is InChI=1S/C22H25N5O3/c1-3-30-21(29)17-10-13-26(14-11-17)19-5-4-12-27-20(19)24-22(25-27)23-18-8-6-16(7-9-18)15(2)28/h4-9,12,17H,3,10-11,13-14H2,1-2H3,(H,23,25). The molecule has 3 aromatic rings. The Balaban J connectivity index is 1.50. The number of ether oxygens (including phenoxy) is 1. The summed E-state index contributed by atoms with van der Waals surface area (Å²) in [4.78, 5) is 30.3. The first-order chi connectivity index (χ1) is 14.5. The number of hydrogen-bond acceptors (Lipinski definition) is 7. The van der Waals surface area contributed by atoms with Crippen LogP contribution in [-0.2, 0) is 9.53 Å². The monoisotopic (exact) mass is 407 g/mol. The highest BCUT2D eigenvalue weighted by molar-refractivity contribution is 5.94. The molecular weight excluding hydrogens is 382 g/mol. The summed E-state index contributed by atoms with van der Waals surface area (Å²) in [5, 5.41) is 7.71. The second kappa shape index (κ2) is 8.52. The smallest absolute Gasteiger partial charge is 0.309 e. The molecule has 1 aromatic carbocycles. The predicted octanol–water partition coefficient (Wildman–Crippen LogP) is 3.46. The van der Waals surface area contributed by atoms with E-state index in [1.807, 2.05) is 37.4 Å². The van der Waals surface area contributed by atoms with Crippen molar-refractivity contribution in [2.75, 3.05) is 29.9 Å². The van der Waals surface area contributed by atoms with E-state index in [0.29, 0.717) is 18.1 Å². The number of pyridine rings is 1. The molecular formula is C22H25N5O3. The maximum atomic E-state index is 12.0. The van der Waals surface area contributed by atoms with Gasteiger partial charge in [0.1, 0.15) is 0 Å². The Morgan fingerprint density at radius 2 is 1.90 bits per heavy atom. The summed E-state index contributed by atoms with van der Waals surface area (Å²) in [6.07, 6.45) is 3.39. The number of ketones is 1. The van der Waals surface area contributed by atoms with E-state index in [-0.39, 0.29) is 17.7 Å². The summed E-state index contributed by atoms with van der Waals surface area (Å²) >= 11 is 0. The molecule has 0 atom stereocenters. The molecule has 8 nitrogen and oxygen atoms in total. The third kappa shape index (κ3) is 4.12. The topological polar surface area (TPSA) is 88.8 Å². The van der Waals surface area contributed by atoms with Gasteiger partial charge in [-0.25, -0.2) is 4.52 Å². The summed E-state index contributed by atoms with van der Waals surface area (Å²) in [6.45, 7) is 5.34. The molecule has 1 aliphatic heterocycles. The van der Waals surface area contributed by atoms with Crippen molar-refractivity contribution < 1.29 is 14.3 Å². The lowest BCUT2D eigenvalue weighted by Gasteiger charge is -2.32. The highest BCUT2D eigenvalue weighted by Crippen LogP contribution is 2.28. The van der Waals surface area contributed by atoms with Crippen molar-refractivity contribution in [1.82, 2.24) is 14.6 Å². The van der Waals surface area contributed by atoms with E-state index in [1.54, 1.807) is 23.6 Å². The Labute approximate surface area is 174 Å². The van der Waals surface area contributed by atoms with Crippen LogP contribution in [0.1, 0.15) is 37.0 Å². The minimum absolute atomic E-state index is 0.0313. The van der Waals surface area contributed by atoms with Crippen LogP contribution in [0.25, 0.3) is 5.65 Å². The SMILES string of the molecule is CCOC(=O)C1CCN(c2cccn3nc(Nc4ccc(C(C)=O)cc4)nc23)CC1. The van der Waals surface area contributed by atoms with Gasteiger partial charge in [-0.15, -0.1) is 5.10 Å². The Kier molecular flexibility index (Phi) is 5.65. The molecule has 0 aliphatic carbocycles. The molecule has 3 heterocycles.